The van der Waals surface area contributed by atoms with E-state index in [4.69, 9.17) is 4.42 Å². The summed E-state index contributed by atoms with van der Waals surface area (Å²) < 4.78 is 21.3. The molecule has 0 amide bonds. The Hall–Kier alpha value is -3.40. The molecule has 0 spiro atoms. The number of rotatable bonds is 2. The number of nitrogens with zero attached hydrogens (tertiary/aromatic N) is 4. The molecule has 6 nitrogen and oxygen atoms in total. The summed E-state index contributed by atoms with van der Waals surface area (Å²) in [7, 11) is 0. The fourth-order valence-corrected chi connectivity index (χ4v) is 4.41. The zero-order chi connectivity index (χ0) is 19.3. The lowest BCUT2D eigenvalue weighted by Crippen LogP contribution is -2.47. The zero-order valence-electron chi connectivity index (χ0n) is 15.0. The Labute approximate surface area is 160 Å². The Bertz CT molecular complexity index is 1160. The molecule has 0 unspecified atom stereocenters. The molecule has 1 saturated heterocycles. The molecule has 140 valence electrons. The van der Waals surface area contributed by atoms with Gasteiger partial charge in [0.25, 0.3) is 5.56 Å². The highest BCUT2D eigenvalue weighted by Gasteiger charge is 2.36. The standard InChI is InChI=1S/C21H17FN4O2/c22-16-4-1-3-14(8-16)20-24-17(9-23)21(28-20)25-10-13-7-15(12-25)18-5-2-6-19(27)26(18)11-13/h1-6,8,13,15H,7,10-12H2/t13-,15+/m0/s1. The van der Waals surface area contributed by atoms with Crippen molar-refractivity contribution in [3.05, 3.63) is 70.0 Å². The van der Waals surface area contributed by atoms with Gasteiger partial charge in [0.2, 0.25) is 17.5 Å². The Kier molecular flexibility index (Phi) is 3.79. The minimum absolute atomic E-state index is 0.0337. The SMILES string of the molecule is N#Cc1nc(-c2cccc(F)c2)oc1N1C[C@@H]2C[C@H](C1)c1cccc(=O)n1C2. The maximum absolute atomic E-state index is 13.6. The second-order valence-electron chi connectivity index (χ2n) is 7.40. The van der Waals surface area contributed by atoms with Gasteiger partial charge in [-0.25, -0.2) is 4.39 Å². The Morgan fingerprint density at radius 1 is 1.18 bits per heavy atom. The van der Waals surface area contributed by atoms with Crippen molar-refractivity contribution in [3.63, 3.8) is 0 Å². The van der Waals surface area contributed by atoms with E-state index in [2.05, 4.69) is 11.1 Å². The van der Waals surface area contributed by atoms with Crippen LogP contribution in [0.2, 0.25) is 0 Å². The van der Waals surface area contributed by atoms with Gasteiger partial charge in [-0.15, -0.1) is 0 Å². The molecule has 2 aliphatic rings. The van der Waals surface area contributed by atoms with Crippen LogP contribution in [0, 0.1) is 23.1 Å². The van der Waals surface area contributed by atoms with Crippen LogP contribution in [-0.2, 0) is 6.54 Å². The largest absolute Gasteiger partial charge is 0.419 e. The van der Waals surface area contributed by atoms with Gasteiger partial charge in [-0.2, -0.15) is 10.2 Å². The number of nitriles is 1. The molecule has 2 aromatic heterocycles. The highest BCUT2D eigenvalue weighted by Crippen LogP contribution is 2.38. The first-order chi connectivity index (χ1) is 13.6. The van der Waals surface area contributed by atoms with Crippen LogP contribution in [0.4, 0.5) is 10.3 Å². The van der Waals surface area contributed by atoms with Gasteiger partial charge in [0.05, 0.1) is 0 Å². The van der Waals surface area contributed by atoms with Gasteiger partial charge in [0.1, 0.15) is 11.9 Å². The Morgan fingerprint density at radius 2 is 2.04 bits per heavy atom. The average Bonchev–Trinajstić information content (AvgIpc) is 3.13. The Morgan fingerprint density at radius 3 is 2.86 bits per heavy atom. The second-order valence-corrected chi connectivity index (χ2v) is 7.40. The van der Waals surface area contributed by atoms with Crippen molar-refractivity contribution in [1.82, 2.24) is 9.55 Å². The fourth-order valence-electron chi connectivity index (χ4n) is 4.41. The molecule has 0 N–H and O–H groups in total. The number of benzene rings is 1. The summed E-state index contributed by atoms with van der Waals surface area (Å²) in [4.78, 5) is 18.5. The number of piperidine rings is 1. The van der Waals surface area contributed by atoms with E-state index in [1.807, 2.05) is 15.5 Å². The molecule has 1 aromatic carbocycles. The molecule has 0 saturated carbocycles. The molecule has 2 bridgehead atoms. The molecule has 3 aromatic rings. The van der Waals surface area contributed by atoms with Crippen LogP contribution in [0.1, 0.15) is 23.7 Å². The number of hydrogen-bond donors (Lipinski definition) is 0. The van der Waals surface area contributed by atoms with Crippen molar-refractivity contribution < 1.29 is 8.81 Å². The van der Waals surface area contributed by atoms with Gasteiger partial charge in [0, 0.05) is 42.9 Å². The number of fused-ring (bicyclic) bond motifs is 4. The van der Waals surface area contributed by atoms with Gasteiger partial charge in [-0.05, 0) is 36.6 Å². The van der Waals surface area contributed by atoms with Gasteiger partial charge in [0.15, 0.2) is 0 Å². The van der Waals surface area contributed by atoms with Gasteiger partial charge < -0.3 is 13.9 Å². The van der Waals surface area contributed by atoms with Crippen LogP contribution in [-0.4, -0.2) is 22.6 Å². The molecule has 2 aliphatic heterocycles. The molecule has 0 radical (unpaired) electrons. The maximum atomic E-state index is 13.6. The fraction of sp³-hybridized carbons (Fsp3) is 0.286. The van der Waals surface area contributed by atoms with E-state index >= 15 is 0 Å². The lowest BCUT2D eigenvalue weighted by Gasteiger charge is -2.42. The summed E-state index contributed by atoms with van der Waals surface area (Å²) in [6.45, 7) is 1.99. The maximum Gasteiger partial charge on any atom is 0.250 e. The average molecular weight is 376 g/mol. The minimum atomic E-state index is -0.384. The van der Waals surface area contributed by atoms with Crippen LogP contribution in [0.5, 0.6) is 0 Å². The topological polar surface area (TPSA) is 75.1 Å². The van der Waals surface area contributed by atoms with Crippen LogP contribution < -0.4 is 10.5 Å². The monoisotopic (exact) mass is 376 g/mol. The van der Waals surface area contributed by atoms with Crippen molar-refractivity contribution in [2.75, 3.05) is 18.0 Å². The normalized spacial score (nSPS) is 20.5. The van der Waals surface area contributed by atoms with E-state index in [1.54, 1.807) is 24.3 Å². The smallest absolute Gasteiger partial charge is 0.250 e. The van der Waals surface area contributed by atoms with E-state index in [-0.39, 0.29) is 28.9 Å². The van der Waals surface area contributed by atoms with Crippen molar-refractivity contribution in [3.8, 4) is 17.5 Å². The lowest BCUT2D eigenvalue weighted by molar-refractivity contribution is 0.275. The molecular weight excluding hydrogens is 359 g/mol. The number of aromatic nitrogens is 2. The third-order valence-electron chi connectivity index (χ3n) is 5.55. The van der Waals surface area contributed by atoms with Crippen LogP contribution >= 0.6 is 0 Å². The summed E-state index contributed by atoms with van der Waals surface area (Å²) in [5, 5.41) is 9.54. The third-order valence-corrected chi connectivity index (χ3v) is 5.55. The molecule has 4 heterocycles. The quantitative estimate of drug-likeness (QED) is 0.687. The van der Waals surface area contributed by atoms with Crippen molar-refractivity contribution in [2.45, 2.75) is 18.9 Å². The van der Waals surface area contributed by atoms with Crippen LogP contribution in [0.25, 0.3) is 11.5 Å². The summed E-state index contributed by atoms with van der Waals surface area (Å²) in [6, 6.07) is 13.5. The molecule has 1 fully saturated rings. The third kappa shape index (κ3) is 2.69. The number of anilines is 1. The molecule has 2 atom stereocenters. The van der Waals surface area contributed by atoms with Crippen molar-refractivity contribution in [1.29, 1.82) is 5.26 Å². The molecule has 28 heavy (non-hydrogen) atoms. The minimum Gasteiger partial charge on any atom is -0.419 e. The molecule has 0 aliphatic carbocycles. The first-order valence-electron chi connectivity index (χ1n) is 9.24. The summed E-state index contributed by atoms with van der Waals surface area (Å²) in [6.07, 6.45) is 1.01. The summed E-state index contributed by atoms with van der Waals surface area (Å²) >= 11 is 0. The van der Waals surface area contributed by atoms with Gasteiger partial charge >= 0.3 is 0 Å². The van der Waals surface area contributed by atoms with Crippen LogP contribution in [0.15, 0.2) is 51.7 Å². The first kappa shape index (κ1) is 16.8. The summed E-state index contributed by atoms with van der Waals surface area (Å²) in [5.41, 5.74) is 1.75. The van der Waals surface area contributed by atoms with E-state index < -0.39 is 0 Å². The van der Waals surface area contributed by atoms with E-state index in [0.717, 1.165) is 12.1 Å². The number of hydrogen-bond acceptors (Lipinski definition) is 5. The molecular formula is C21H17FN4O2. The lowest BCUT2D eigenvalue weighted by atomic mass is 9.83. The highest BCUT2D eigenvalue weighted by atomic mass is 19.1. The van der Waals surface area contributed by atoms with E-state index in [1.165, 1.54) is 12.1 Å². The number of pyridine rings is 1. The zero-order valence-corrected chi connectivity index (χ0v) is 15.0. The number of halogens is 1. The first-order valence-corrected chi connectivity index (χ1v) is 9.24. The van der Waals surface area contributed by atoms with Crippen LogP contribution in [0.3, 0.4) is 0 Å². The number of oxazole rings is 1. The van der Waals surface area contributed by atoms with Gasteiger partial charge in [-0.3, -0.25) is 4.79 Å². The predicted octanol–water partition coefficient (Wildman–Crippen LogP) is 3.14. The van der Waals surface area contributed by atoms with Gasteiger partial charge in [-0.1, -0.05) is 12.1 Å². The van der Waals surface area contributed by atoms with Crippen molar-refractivity contribution >= 4 is 5.88 Å². The van der Waals surface area contributed by atoms with E-state index in [9.17, 15) is 14.4 Å². The summed E-state index contributed by atoms with van der Waals surface area (Å²) in [5.74, 6) is 0.753. The van der Waals surface area contributed by atoms with E-state index in [0.29, 0.717) is 37.0 Å². The molecule has 7 heteroatoms. The Balaban J connectivity index is 1.51. The molecule has 5 rings (SSSR count). The van der Waals surface area contributed by atoms with Crippen molar-refractivity contribution in [2.24, 2.45) is 5.92 Å². The predicted molar refractivity (Wildman–Crippen MR) is 100 cm³/mol. The second kappa shape index (κ2) is 6.34. The highest BCUT2D eigenvalue weighted by molar-refractivity contribution is 5.60.